The lowest BCUT2D eigenvalue weighted by Crippen LogP contribution is -2.04. The maximum absolute atomic E-state index is 11.0. The number of alkyl halides is 1. The number of carbonyl (C=O) groups is 1. The van der Waals surface area contributed by atoms with Gasteiger partial charge in [0.2, 0.25) is 0 Å². The van der Waals surface area contributed by atoms with Gasteiger partial charge in [-0.25, -0.2) is 0 Å². The largest absolute Gasteiger partial charge is 0.489 e. The van der Waals surface area contributed by atoms with Gasteiger partial charge in [-0.05, 0) is 23.3 Å². The highest BCUT2D eigenvalue weighted by molar-refractivity contribution is 6.19. The van der Waals surface area contributed by atoms with Crippen molar-refractivity contribution in [2.24, 2.45) is 0 Å². The van der Waals surface area contributed by atoms with E-state index in [1.807, 2.05) is 12.1 Å². The quantitative estimate of drug-likeness (QED) is 0.445. The van der Waals surface area contributed by atoms with Gasteiger partial charge in [0.15, 0.2) is 0 Å². The molecule has 0 saturated carbocycles. The summed E-state index contributed by atoms with van der Waals surface area (Å²) in [5, 5.41) is 0. The first kappa shape index (κ1) is 13.6. The van der Waals surface area contributed by atoms with Gasteiger partial charge in [0, 0.05) is 5.88 Å². The van der Waals surface area contributed by atoms with Crippen molar-refractivity contribution < 1.29 is 14.3 Å². The molecule has 0 amide bonds. The highest BCUT2D eigenvalue weighted by atomic mass is 35.5. The van der Waals surface area contributed by atoms with Gasteiger partial charge in [0.1, 0.15) is 12.4 Å². The molecule has 0 aliphatic rings. The third-order valence-electron chi connectivity index (χ3n) is 2.13. The monoisotopic (exact) mass is 254 g/mol. The molecule has 92 valence electrons. The standard InChI is InChI=1S/C13H15ClO3/c1-10(8-14)9-17-12-5-3-11(4-6-12)7-13(15)16-2/h3-6H,1,7-9H2,2H3. The minimum atomic E-state index is -0.255. The first-order valence-corrected chi connectivity index (χ1v) is 5.70. The Morgan fingerprint density at radius 2 is 2.00 bits per heavy atom. The molecule has 0 aliphatic carbocycles. The molecule has 0 aliphatic heterocycles. The predicted molar refractivity (Wildman–Crippen MR) is 67.5 cm³/mol. The first-order valence-electron chi connectivity index (χ1n) is 5.17. The van der Waals surface area contributed by atoms with Crippen molar-refractivity contribution in [1.29, 1.82) is 0 Å². The number of benzene rings is 1. The molecule has 0 radical (unpaired) electrons. The summed E-state index contributed by atoms with van der Waals surface area (Å²) in [6.07, 6.45) is 0.269. The third kappa shape index (κ3) is 4.91. The van der Waals surface area contributed by atoms with Crippen LogP contribution in [0.2, 0.25) is 0 Å². The Morgan fingerprint density at radius 3 is 2.53 bits per heavy atom. The Kier molecular flexibility index (Phi) is 5.57. The van der Waals surface area contributed by atoms with E-state index in [0.29, 0.717) is 12.5 Å². The van der Waals surface area contributed by atoms with Gasteiger partial charge in [0.25, 0.3) is 0 Å². The fraction of sp³-hybridized carbons (Fsp3) is 0.308. The Labute approximate surface area is 106 Å². The maximum atomic E-state index is 11.0. The highest BCUT2D eigenvalue weighted by Gasteiger charge is 2.03. The number of esters is 1. The smallest absolute Gasteiger partial charge is 0.309 e. The number of methoxy groups -OCH3 is 1. The number of ether oxygens (including phenoxy) is 2. The molecule has 4 heteroatoms. The second-order valence-electron chi connectivity index (χ2n) is 3.57. The summed E-state index contributed by atoms with van der Waals surface area (Å²) in [6.45, 7) is 4.14. The van der Waals surface area contributed by atoms with Crippen LogP contribution < -0.4 is 4.74 Å². The lowest BCUT2D eigenvalue weighted by molar-refractivity contribution is -0.139. The van der Waals surface area contributed by atoms with E-state index in [9.17, 15) is 4.79 Å². The van der Waals surface area contributed by atoms with E-state index in [2.05, 4.69) is 11.3 Å². The molecule has 1 aromatic rings. The van der Waals surface area contributed by atoms with Crippen molar-refractivity contribution in [3.63, 3.8) is 0 Å². The second kappa shape index (κ2) is 6.97. The molecule has 0 atom stereocenters. The Bertz CT molecular complexity index is 384. The number of hydrogen-bond donors (Lipinski definition) is 0. The summed E-state index contributed by atoms with van der Waals surface area (Å²) in [4.78, 5) is 11.0. The molecule has 0 bridgehead atoms. The van der Waals surface area contributed by atoms with E-state index < -0.39 is 0 Å². The van der Waals surface area contributed by atoms with Gasteiger partial charge in [-0.3, -0.25) is 4.79 Å². The first-order chi connectivity index (χ1) is 8.15. The van der Waals surface area contributed by atoms with Crippen LogP contribution in [-0.2, 0) is 16.0 Å². The molecular weight excluding hydrogens is 240 g/mol. The summed E-state index contributed by atoms with van der Waals surface area (Å²) >= 11 is 5.59. The van der Waals surface area contributed by atoms with Crippen molar-refractivity contribution in [2.45, 2.75) is 6.42 Å². The summed E-state index contributed by atoms with van der Waals surface area (Å²) < 4.78 is 10.0. The molecule has 1 aromatic carbocycles. The van der Waals surface area contributed by atoms with Gasteiger partial charge >= 0.3 is 5.97 Å². The number of rotatable bonds is 6. The second-order valence-corrected chi connectivity index (χ2v) is 3.84. The molecule has 0 aromatic heterocycles. The van der Waals surface area contributed by atoms with E-state index in [1.54, 1.807) is 12.1 Å². The number of carbonyl (C=O) groups excluding carboxylic acids is 1. The minimum Gasteiger partial charge on any atom is -0.489 e. The zero-order valence-electron chi connectivity index (χ0n) is 9.74. The zero-order valence-corrected chi connectivity index (χ0v) is 10.5. The predicted octanol–water partition coefficient (Wildman–Crippen LogP) is 2.58. The molecule has 17 heavy (non-hydrogen) atoms. The third-order valence-corrected chi connectivity index (χ3v) is 2.51. The van der Waals surface area contributed by atoms with E-state index in [0.717, 1.165) is 16.9 Å². The zero-order chi connectivity index (χ0) is 12.7. The molecular formula is C13H15ClO3. The average Bonchev–Trinajstić information content (AvgIpc) is 2.37. The van der Waals surface area contributed by atoms with Crippen LogP contribution >= 0.6 is 11.6 Å². The molecule has 3 nitrogen and oxygen atoms in total. The van der Waals surface area contributed by atoms with Crippen LogP contribution in [0.5, 0.6) is 5.75 Å². The molecule has 0 N–H and O–H groups in total. The van der Waals surface area contributed by atoms with Crippen LogP contribution in [0.1, 0.15) is 5.56 Å². The van der Waals surface area contributed by atoms with Crippen molar-refractivity contribution in [2.75, 3.05) is 19.6 Å². The van der Waals surface area contributed by atoms with E-state index >= 15 is 0 Å². The lowest BCUT2D eigenvalue weighted by atomic mass is 10.1. The Hall–Kier alpha value is -1.48. The highest BCUT2D eigenvalue weighted by Crippen LogP contribution is 2.13. The molecule has 0 heterocycles. The molecule has 0 fully saturated rings. The molecule has 1 rings (SSSR count). The van der Waals surface area contributed by atoms with Crippen LogP contribution in [0.15, 0.2) is 36.4 Å². The Balaban J connectivity index is 2.50. The SMILES string of the molecule is C=C(CCl)COc1ccc(CC(=O)OC)cc1. The van der Waals surface area contributed by atoms with Crippen LogP contribution in [0.25, 0.3) is 0 Å². The summed E-state index contributed by atoms with van der Waals surface area (Å²) in [7, 11) is 1.37. The van der Waals surface area contributed by atoms with Gasteiger partial charge in [-0.15, -0.1) is 11.6 Å². The van der Waals surface area contributed by atoms with Crippen molar-refractivity contribution in [3.05, 3.63) is 42.0 Å². The van der Waals surface area contributed by atoms with E-state index in [-0.39, 0.29) is 12.4 Å². The van der Waals surface area contributed by atoms with Gasteiger partial charge in [-0.2, -0.15) is 0 Å². The van der Waals surface area contributed by atoms with Gasteiger partial charge in [-0.1, -0.05) is 18.7 Å². The number of hydrogen-bond acceptors (Lipinski definition) is 3. The topological polar surface area (TPSA) is 35.5 Å². The van der Waals surface area contributed by atoms with Gasteiger partial charge < -0.3 is 9.47 Å². The van der Waals surface area contributed by atoms with Crippen LogP contribution in [0.4, 0.5) is 0 Å². The summed E-state index contributed by atoms with van der Waals surface area (Å²) in [5.74, 6) is 0.861. The number of halogens is 1. The Morgan fingerprint density at radius 1 is 1.35 bits per heavy atom. The molecule has 0 spiro atoms. The fourth-order valence-electron chi connectivity index (χ4n) is 1.17. The summed E-state index contributed by atoms with van der Waals surface area (Å²) in [6, 6.07) is 7.27. The molecule has 0 unspecified atom stereocenters. The van der Waals surface area contributed by atoms with Crippen LogP contribution in [-0.4, -0.2) is 25.6 Å². The average molecular weight is 255 g/mol. The maximum Gasteiger partial charge on any atom is 0.309 e. The van der Waals surface area contributed by atoms with Crippen molar-refractivity contribution in [3.8, 4) is 5.75 Å². The van der Waals surface area contributed by atoms with Crippen LogP contribution in [0, 0.1) is 0 Å². The molecule has 0 saturated heterocycles. The van der Waals surface area contributed by atoms with E-state index in [4.69, 9.17) is 16.3 Å². The van der Waals surface area contributed by atoms with Crippen molar-refractivity contribution >= 4 is 17.6 Å². The minimum absolute atomic E-state index is 0.255. The lowest BCUT2D eigenvalue weighted by Gasteiger charge is -2.07. The summed E-state index contributed by atoms with van der Waals surface area (Å²) in [5.41, 5.74) is 1.71. The van der Waals surface area contributed by atoms with Crippen molar-refractivity contribution in [1.82, 2.24) is 0 Å². The fourth-order valence-corrected chi connectivity index (χ4v) is 1.24. The van der Waals surface area contributed by atoms with E-state index in [1.165, 1.54) is 7.11 Å². The van der Waals surface area contributed by atoms with Crippen LogP contribution in [0.3, 0.4) is 0 Å². The van der Waals surface area contributed by atoms with Gasteiger partial charge in [0.05, 0.1) is 13.5 Å². The normalized spacial score (nSPS) is 9.76.